The first-order chi connectivity index (χ1) is 38.4. The summed E-state index contributed by atoms with van der Waals surface area (Å²) in [5.74, 6) is 1.32. The minimum absolute atomic E-state index is 0. The first-order valence-electron chi connectivity index (χ1n) is 30.8. The lowest BCUT2D eigenvalue weighted by Crippen LogP contribution is -2.49. The third kappa shape index (κ3) is 15.7. The van der Waals surface area contributed by atoms with E-state index >= 15 is 0 Å². The fourth-order valence-corrected chi connectivity index (χ4v) is 14.1. The minimum Gasteiger partial charge on any atom is -0.444 e. The fourth-order valence-electron chi connectivity index (χ4n) is 14.1. The third-order valence-corrected chi connectivity index (χ3v) is 18.6. The van der Waals surface area contributed by atoms with E-state index in [1.54, 1.807) is 13.8 Å². The van der Waals surface area contributed by atoms with Gasteiger partial charge in [-0.2, -0.15) is 0 Å². The van der Waals surface area contributed by atoms with Crippen LogP contribution in [0.3, 0.4) is 0 Å². The number of hydrogen-bond donors (Lipinski definition) is 3. The van der Waals surface area contributed by atoms with Crippen LogP contribution in [0.2, 0.25) is 0 Å². The Morgan fingerprint density at radius 2 is 0.963 bits per heavy atom. The van der Waals surface area contributed by atoms with Crippen molar-refractivity contribution in [2.45, 2.75) is 218 Å². The zero-order valence-corrected chi connectivity index (χ0v) is 51.1. The minimum atomic E-state index is -0.468. The van der Waals surface area contributed by atoms with Crippen LogP contribution < -0.4 is 16.0 Å². The lowest BCUT2D eigenvalue weighted by Gasteiger charge is -2.47. The molecule has 1 unspecified atom stereocenters. The number of amides is 5. The first kappa shape index (κ1) is 61.4. The summed E-state index contributed by atoms with van der Waals surface area (Å²) in [5, 5.41) is 9.57. The molecular weight excluding hydrogens is 1010 g/mol. The molecular formula is C68H104N6O7. The highest BCUT2D eigenvalue weighted by molar-refractivity contribution is 5.81. The average molecular weight is 1120 g/mol. The Morgan fingerprint density at radius 1 is 0.556 bits per heavy atom. The maximum atomic E-state index is 12.4. The van der Waals surface area contributed by atoms with E-state index in [0.29, 0.717) is 26.2 Å². The lowest BCUT2D eigenvalue weighted by molar-refractivity contribution is -0.123. The van der Waals surface area contributed by atoms with E-state index in [9.17, 15) is 24.0 Å². The van der Waals surface area contributed by atoms with Crippen molar-refractivity contribution in [1.82, 2.24) is 30.7 Å². The molecule has 3 saturated heterocycles. The van der Waals surface area contributed by atoms with Gasteiger partial charge in [-0.1, -0.05) is 91.4 Å². The van der Waals surface area contributed by atoms with Crippen molar-refractivity contribution in [3.63, 3.8) is 0 Å². The predicted molar refractivity (Wildman–Crippen MR) is 328 cm³/mol. The number of ether oxygens (including phenoxy) is 2. The van der Waals surface area contributed by atoms with Crippen molar-refractivity contribution in [3.8, 4) is 0 Å². The maximum Gasteiger partial charge on any atom is 0.410 e. The molecule has 3 N–H and O–H groups in total. The summed E-state index contributed by atoms with van der Waals surface area (Å²) in [4.78, 5) is 66.6. The Labute approximate surface area is 489 Å². The van der Waals surface area contributed by atoms with Crippen LogP contribution in [0.15, 0.2) is 84.4 Å². The molecule has 81 heavy (non-hydrogen) atoms. The molecule has 5 amide bonds. The van der Waals surface area contributed by atoms with Crippen molar-refractivity contribution in [2.24, 2.45) is 11.8 Å². The van der Waals surface area contributed by atoms with E-state index in [4.69, 9.17) is 9.47 Å². The molecule has 4 fully saturated rings. The largest absolute Gasteiger partial charge is 0.444 e. The quantitative estimate of drug-likeness (QED) is 0.170. The molecule has 448 valence electrons. The second-order valence-electron chi connectivity index (χ2n) is 27.4. The van der Waals surface area contributed by atoms with Crippen molar-refractivity contribution >= 4 is 29.9 Å². The highest BCUT2D eigenvalue weighted by atomic mass is 16.6. The Balaban J connectivity index is 0.000000227. The van der Waals surface area contributed by atoms with Crippen molar-refractivity contribution in [1.29, 1.82) is 0 Å². The predicted octanol–water partition coefficient (Wildman–Crippen LogP) is 14.0. The summed E-state index contributed by atoms with van der Waals surface area (Å²) in [6.07, 6.45) is 17.9. The number of hydrogen-bond acceptors (Lipinski definition) is 8. The molecule has 0 radical (unpaired) electrons. The van der Waals surface area contributed by atoms with Gasteiger partial charge in [0.15, 0.2) is 0 Å². The van der Waals surface area contributed by atoms with Gasteiger partial charge in [0.05, 0.1) is 18.1 Å². The van der Waals surface area contributed by atoms with E-state index in [0.717, 1.165) is 70.1 Å². The van der Waals surface area contributed by atoms with Gasteiger partial charge in [0.25, 0.3) is 0 Å². The number of allylic oxidation sites excluding steroid dienone is 2. The molecule has 0 bridgehead atoms. The molecule has 4 aliphatic carbocycles. The molecule has 10 rings (SSSR count). The zero-order valence-electron chi connectivity index (χ0n) is 51.1. The molecule has 3 aromatic carbocycles. The summed E-state index contributed by atoms with van der Waals surface area (Å²) < 4.78 is 11.1. The molecule has 1 saturated carbocycles. The SMILES string of the molecule is CC(=O)N[C@@H]1CCC2(CCN(C(=O)OC(C)(C)C)CC2)c2ccccc21.CC(=O)N[C@H]1CC2(CCN(CCC(C)CCC=C(C)C)CC2)c2ccccc21.CC(C)(C)OC(=O)N1CCC2(CC1)C[C@H](NC(=O)C1CC1)c1ccccc12.[HH].[HH].[HH]. The Bertz CT molecular complexity index is 2720. The Hall–Kier alpha value is -5.69. The topological polar surface area (TPSA) is 150 Å². The van der Waals surface area contributed by atoms with Gasteiger partial charge in [0.2, 0.25) is 17.7 Å². The fraction of sp³-hybridized carbons (Fsp3) is 0.632. The summed E-state index contributed by atoms with van der Waals surface area (Å²) >= 11 is 0. The molecule has 13 heteroatoms. The Kier molecular flexibility index (Phi) is 19.6. The molecule has 0 aromatic heterocycles. The summed E-state index contributed by atoms with van der Waals surface area (Å²) in [7, 11) is 0. The second-order valence-corrected chi connectivity index (χ2v) is 27.4. The van der Waals surface area contributed by atoms with Gasteiger partial charge in [-0.25, -0.2) is 9.59 Å². The van der Waals surface area contributed by atoms with Gasteiger partial charge in [0.1, 0.15) is 11.2 Å². The smallest absolute Gasteiger partial charge is 0.410 e. The lowest BCUT2D eigenvalue weighted by atomic mass is 9.63. The van der Waals surface area contributed by atoms with Crippen LogP contribution in [0, 0.1) is 11.8 Å². The normalized spacial score (nSPS) is 22.5. The first-order valence-corrected chi connectivity index (χ1v) is 30.8. The van der Waals surface area contributed by atoms with E-state index in [1.165, 1.54) is 90.7 Å². The van der Waals surface area contributed by atoms with Crippen LogP contribution in [0.25, 0.3) is 0 Å². The highest BCUT2D eigenvalue weighted by Crippen LogP contribution is 2.53. The molecule has 7 aliphatic rings. The number of nitrogens with one attached hydrogen (secondary N) is 3. The van der Waals surface area contributed by atoms with Crippen LogP contribution >= 0.6 is 0 Å². The van der Waals surface area contributed by atoms with Crippen molar-refractivity contribution < 1.29 is 37.7 Å². The molecule has 4 atom stereocenters. The van der Waals surface area contributed by atoms with E-state index in [2.05, 4.69) is 114 Å². The van der Waals surface area contributed by atoms with E-state index in [1.807, 2.05) is 57.4 Å². The standard InChI is InChI=1S/C25H38N2O.C22H30N2O3.C21H30N2O3.3H2/c1-19(2)8-7-9-20(3)12-15-27-16-13-25(14-17-27)18-24(26-21(4)28)22-10-5-6-11-23(22)25;1-21(2,3)27-20(26)24-12-10-22(11-13-24)14-18(23-19(25)15-8-9-15)16-6-4-5-7-17(16)22;1-15(24)22-18-9-10-21(17-8-6-5-7-16(17)18)11-13-23(14-12-21)19(25)26-20(2,3)4;;;/h5-6,8,10-11,20,24H,7,9,12-18H2,1-4H3,(H,26,28);4-7,15,18H,8-14H2,1-3H3,(H,23,25);5-8,18H,9-14H2,1-4H3,(H,22,24);3*1H/t20?,24-;2*18-;;;/m001.../s1. The highest BCUT2D eigenvalue weighted by Gasteiger charge is 2.49. The third-order valence-electron chi connectivity index (χ3n) is 18.6. The zero-order chi connectivity index (χ0) is 58.3. The molecule has 13 nitrogen and oxygen atoms in total. The summed E-state index contributed by atoms with van der Waals surface area (Å²) in [6.45, 7) is 27.8. The van der Waals surface area contributed by atoms with Gasteiger partial charge in [-0.05, 0) is 216 Å². The molecule has 3 aromatic rings. The summed E-state index contributed by atoms with van der Waals surface area (Å²) in [6, 6.07) is 26.2. The van der Waals surface area contributed by atoms with Gasteiger partial charge in [-0.15, -0.1) is 0 Å². The van der Waals surface area contributed by atoms with Crippen LogP contribution in [0.5, 0.6) is 0 Å². The number of carbonyl (C=O) groups excluding carboxylic acids is 5. The number of fused-ring (bicyclic) bond motifs is 6. The number of piperidine rings is 3. The number of likely N-dealkylation sites (tertiary alicyclic amines) is 3. The van der Waals surface area contributed by atoms with Crippen molar-refractivity contribution in [3.05, 3.63) is 118 Å². The van der Waals surface area contributed by atoms with Gasteiger partial charge >= 0.3 is 12.2 Å². The Morgan fingerprint density at radius 3 is 1.41 bits per heavy atom. The van der Waals surface area contributed by atoms with Crippen LogP contribution in [0.1, 0.15) is 228 Å². The number of benzene rings is 3. The van der Waals surface area contributed by atoms with Gasteiger partial charge in [0, 0.05) is 61.1 Å². The van der Waals surface area contributed by atoms with Crippen LogP contribution in [-0.4, -0.2) is 102 Å². The molecule has 3 aliphatic heterocycles. The van der Waals surface area contributed by atoms with Gasteiger partial charge in [-0.3, -0.25) is 14.4 Å². The number of rotatable bonds is 10. The van der Waals surface area contributed by atoms with Gasteiger partial charge < -0.3 is 40.1 Å². The number of nitrogens with zero attached hydrogens (tertiary/aromatic N) is 3. The van der Waals surface area contributed by atoms with Crippen molar-refractivity contribution in [2.75, 3.05) is 45.8 Å². The van der Waals surface area contributed by atoms with E-state index in [-0.39, 0.29) is 74.5 Å². The number of carbonyl (C=O) groups is 5. The second kappa shape index (κ2) is 25.8. The van der Waals surface area contributed by atoms with Crippen LogP contribution in [-0.2, 0) is 40.1 Å². The van der Waals surface area contributed by atoms with Crippen LogP contribution in [0.4, 0.5) is 9.59 Å². The monoisotopic (exact) mass is 1120 g/mol. The maximum absolute atomic E-state index is 12.4. The summed E-state index contributed by atoms with van der Waals surface area (Å²) in [5.41, 5.74) is 8.95. The molecule has 3 spiro atoms. The van der Waals surface area contributed by atoms with E-state index < -0.39 is 11.2 Å². The average Bonchev–Trinajstić information content (AvgIpc) is 4.21. The molecule has 3 heterocycles.